The Labute approximate surface area is 127 Å². The minimum absolute atomic E-state index is 0.134. The van der Waals surface area contributed by atoms with Crippen molar-refractivity contribution in [1.29, 1.82) is 0 Å². The fourth-order valence-electron chi connectivity index (χ4n) is 1.76. The maximum absolute atomic E-state index is 12.2. The van der Waals surface area contributed by atoms with Gasteiger partial charge in [0.25, 0.3) is 5.91 Å². The van der Waals surface area contributed by atoms with E-state index in [1.807, 2.05) is 32.0 Å². The third-order valence-corrected chi connectivity index (χ3v) is 4.18. The molecule has 0 aliphatic carbocycles. The van der Waals surface area contributed by atoms with Gasteiger partial charge < -0.3 is 11.1 Å². The lowest BCUT2D eigenvalue weighted by atomic mass is 9.92. The minimum Gasteiger partial charge on any atom is -0.391 e. The van der Waals surface area contributed by atoms with Crippen LogP contribution in [0, 0.1) is 3.57 Å². The van der Waals surface area contributed by atoms with Crippen molar-refractivity contribution >= 4 is 45.7 Å². The van der Waals surface area contributed by atoms with Gasteiger partial charge in [-0.3, -0.25) is 4.79 Å². The molecule has 0 spiro atoms. The molecule has 0 aromatic heterocycles. The summed E-state index contributed by atoms with van der Waals surface area (Å²) < 4.78 is 1.02. The zero-order valence-corrected chi connectivity index (χ0v) is 13.5. The van der Waals surface area contributed by atoms with Crippen LogP contribution < -0.4 is 11.1 Å². The SMILES string of the molecule is CCC(CC)(NC(=O)c1cccc(I)c1)C(N)=S. The van der Waals surface area contributed by atoms with E-state index in [-0.39, 0.29) is 5.91 Å². The normalized spacial score (nSPS) is 11.1. The summed E-state index contributed by atoms with van der Waals surface area (Å²) in [6, 6.07) is 7.42. The third-order valence-electron chi connectivity index (χ3n) is 3.12. The number of benzene rings is 1. The van der Waals surface area contributed by atoms with Gasteiger partial charge in [-0.05, 0) is 53.6 Å². The van der Waals surface area contributed by atoms with Gasteiger partial charge in [0.05, 0.1) is 10.5 Å². The van der Waals surface area contributed by atoms with Crippen LogP contribution in [0.1, 0.15) is 37.0 Å². The fraction of sp³-hybridized carbons (Fsp3) is 0.385. The standard InChI is InChI=1S/C13H17IN2OS/c1-3-13(4-2,12(15)18)16-11(17)9-6-5-7-10(14)8-9/h5-8H,3-4H2,1-2H3,(H2,15,18)(H,16,17). The molecule has 0 radical (unpaired) electrons. The minimum atomic E-state index is -0.590. The first-order valence-corrected chi connectivity index (χ1v) is 7.32. The van der Waals surface area contributed by atoms with E-state index >= 15 is 0 Å². The first-order valence-electron chi connectivity index (χ1n) is 5.83. The third kappa shape index (κ3) is 3.41. The number of halogens is 1. The molecule has 0 heterocycles. The molecule has 18 heavy (non-hydrogen) atoms. The Hall–Kier alpha value is -0.690. The quantitative estimate of drug-likeness (QED) is 0.614. The molecule has 1 aromatic carbocycles. The number of nitrogens with one attached hydrogen (secondary N) is 1. The predicted octanol–water partition coefficient (Wildman–Crippen LogP) is 2.87. The van der Waals surface area contributed by atoms with E-state index < -0.39 is 5.54 Å². The van der Waals surface area contributed by atoms with Crippen molar-refractivity contribution in [2.45, 2.75) is 32.2 Å². The number of carbonyl (C=O) groups is 1. The van der Waals surface area contributed by atoms with Crippen molar-refractivity contribution in [3.8, 4) is 0 Å². The lowest BCUT2D eigenvalue weighted by molar-refractivity contribution is 0.0920. The van der Waals surface area contributed by atoms with Gasteiger partial charge >= 0.3 is 0 Å². The van der Waals surface area contributed by atoms with Crippen LogP contribution in [0.15, 0.2) is 24.3 Å². The topological polar surface area (TPSA) is 55.1 Å². The predicted molar refractivity (Wildman–Crippen MR) is 86.7 cm³/mol. The Balaban J connectivity index is 2.95. The van der Waals surface area contributed by atoms with Gasteiger partial charge in [-0.15, -0.1) is 0 Å². The zero-order chi connectivity index (χ0) is 13.8. The molecule has 0 saturated carbocycles. The van der Waals surface area contributed by atoms with E-state index in [9.17, 15) is 4.79 Å². The molecule has 0 bridgehead atoms. The van der Waals surface area contributed by atoms with Crippen molar-refractivity contribution in [3.05, 3.63) is 33.4 Å². The van der Waals surface area contributed by atoms with Gasteiger partial charge in [0, 0.05) is 9.13 Å². The van der Waals surface area contributed by atoms with E-state index in [1.54, 1.807) is 6.07 Å². The number of carbonyl (C=O) groups excluding carboxylic acids is 1. The molecule has 1 amide bonds. The highest BCUT2D eigenvalue weighted by atomic mass is 127. The molecule has 0 aliphatic heterocycles. The average molecular weight is 376 g/mol. The summed E-state index contributed by atoms with van der Waals surface area (Å²) >= 11 is 7.26. The molecule has 3 N–H and O–H groups in total. The van der Waals surface area contributed by atoms with E-state index in [4.69, 9.17) is 18.0 Å². The molecule has 98 valence electrons. The van der Waals surface area contributed by atoms with Crippen molar-refractivity contribution < 1.29 is 4.79 Å². The Morgan fingerprint density at radius 2 is 2.06 bits per heavy atom. The fourth-order valence-corrected chi connectivity index (χ4v) is 2.64. The number of nitrogens with two attached hydrogens (primary N) is 1. The summed E-state index contributed by atoms with van der Waals surface area (Å²) in [5, 5.41) is 2.96. The van der Waals surface area contributed by atoms with E-state index in [2.05, 4.69) is 27.9 Å². The van der Waals surface area contributed by atoms with E-state index in [1.165, 1.54) is 0 Å². The first-order chi connectivity index (χ1) is 8.45. The number of amides is 1. The summed E-state index contributed by atoms with van der Waals surface area (Å²) in [5.74, 6) is -0.134. The molecule has 0 atom stereocenters. The summed E-state index contributed by atoms with van der Waals surface area (Å²) in [6.07, 6.45) is 1.38. The van der Waals surface area contributed by atoms with Crippen LogP contribution in [0.25, 0.3) is 0 Å². The van der Waals surface area contributed by atoms with Gasteiger partial charge in [0.1, 0.15) is 0 Å². The van der Waals surface area contributed by atoms with Crippen LogP contribution in [0.2, 0.25) is 0 Å². The Kier molecular flexibility index (Phi) is 5.52. The lowest BCUT2D eigenvalue weighted by Gasteiger charge is -2.31. The highest BCUT2D eigenvalue weighted by Gasteiger charge is 2.31. The Bertz CT molecular complexity index is 458. The molecule has 0 aliphatic rings. The second-order valence-corrected chi connectivity index (χ2v) is 5.80. The van der Waals surface area contributed by atoms with Crippen LogP contribution in [0.4, 0.5) is 0 Å². The molecular weight excluding hydrogens is 359 g/mol. The molecule has 1 rings (SSSR count). The Morgan fingerprint density at radius 3 is 2.50 bits per heavy atom. The second-order valence-electron chi connectivity index (χ2n) is 4.12. The van der Waals surface area contributed by atoms with E-state index in [0.29, 0.717) is 23.4 Å². The molecule has 0 saturated heterocycles. The molecule has 0 unspecified atom stereocenters. The van der Waals surface area contributed by atoms with Gasteiger partial charge in [-0.2, -0.15) is 0 Å². The molecular formula is C13H17IN2OS. The van der Waals surface area contributed by atoms with Crippen molar-refractivity contribution in [3.63, 3.8) is 0 Å². The number of rotatable bonds is 5. The van der Waals surface area contributed by atoms with Gasteiger partial charge in [0.2, 0.25) is 0 Å². The summed E-state index contributed by atoms with van der Waals surface area (Å²) in [7, 11) is 0. The van der Waals surface area contributed by atoms with Crippen LogP contribution in [0.3, 0.4) is 0 Å². The van der Waals surface area contributed by atoms with Gasteiger partial charge in [0.15, 0.2) is 0 Å². The van der Waals surface area contributed by atoms with Crippen molar-refractivity contribution in [2.24, 2.45) is 5.73 Å². The van der Waals surface area contributed by atoms with Crippen molar-refractivity contribution in [1.82, 2.24) is 5.32 Å². The van der Waals surface area contributed by atoms with E-state index in [0.717, 1.165) is 3.57 Å². The van der Waals surface area contributed by atoms with Gasteiger partial charge in [-0.1, -0.05) is 32.1 Å². The Morgan fingerprint density at radius 1 is 1.44 bits per heavy atom. The molecule has 1 aromatic rings. The maximum atomic E-state index is 12.2. The average Bonchev–Trinajstić information content (AvgIpc) is 2.35. The van der Waals surface area contributed by atoms with Crippen molar-refractivity contribution in [2.75, 3.05) is 0 Å². The van der Waals surface area contributed by atoms with Crippen LogP contribution in [-0.4, -0.2) is 16.4 Å². The number of hydrogen-bond donors (Lipinski definition) is 2. The number of thiocarbonyl (C=S) groups is 1. The molecule has 3 nitrogen and oxygen atoms in total. The zero-order valence-electron chi connectivity index (χ0n) is 10.5. The maximum Gasteiger partial charge on any atom is 0.252 e. The first kappa shape index (κ1) is 15.4. The monoisotopic (exact) mass is 376 g/mol. The highest BCUT2D eigenvalue weighted by Crippen LogP contribution is 2.17. The summed E-state index contributed by atoms with van der Waals surface area (Å²) in [5.41, 5.74) is 5.80. The lowest BCUT2D eigenvalue weighted by Crippen LogP contribution is -2.55. The van der Waals surface area contributed by atoms with Gasteiger partial charge in [-0.25, -0.2) is 0 Å². The molecule has 0 fully saturated rings. The number of hydrogen-bond acceptors (Lipinski definition) is 2. The molecule has 5 heteroatoms. The van der Waals surface area contributed by atoms with Crippen LogP contribution in [-0.2, 0) is 0 Å². The van der Waals surface area contributed by atoms with Crippen LogP contribution >= 0.6 is 34.8 Å². The second kappa shape index (κ2) is 6.47. The largest absolute Gasteiger partial charge is 0.391 e. The summed E-state index contributed by atoms with van der Waals surface area (Å²) in [6.45, 7) is 3.94. The summed E-state index contributed by atoms with van der Waals surface area (Å²) in [4.78, 5) is 12.5. The van der Waals surface area contributed by atoms with Crippen LogP contribution in [0.5, 0.6) is 0 Å². The smallest absolute Gasteiger partial charge is 0.252 e. The highest BCUT2D eigenvalue weighted by molar-refractivity contribution is 14.1.